The summed E-state index contributed by atoms with van der Waals surface area (Å²) in [5.41, 5.74) is 6.90. The Labute approximate surface area is 133 Å². The van der Waals surface area contributed by atoms with Crippen molar-refractivity contribution >= 4 is 11.6 Å². The summed E-state index contributed by atoms with van der Waals surface area (Å²) in [6.07, 6.45) is 3.90. The number of ether oxygens (including phenoxy) is 1. The predicted molar refractivity (Wildman–Crippen MR) is 92.6 cm³/mol. The molecule has 2 rings (SSSR count). The molecule has 0 radical (unpaired) electrons. The van der Waals surface area contributed by atoms with Gasteiger partial charge in [-0.3, -0.25) is 9.89 Å². The van der Waals surface area contributed by atoms with E-state index >= 15 is 0 Å². The van der Waals surface area contributed by atoms with Gasteiger partial charge in [0.25, 0.3) is 0 Å². The number of guanidine groups is 1. The van der Waals surface area contributed by atoms with Gasteiger partial charge in [-0.25, -0.2) is 0 Å². The molecule has 0 aliphatic carbocycles. The minimum atomic E-state index is 0.0352. The first-order chi connectivity index (χ1) is 10.5. The van der Waals surface area contributed by atoms with Crippen molar-refractivity contribution in [2.75, 3.05) is 32.1 Å². The van der Waals surface area contributed by atoms with E-state index in [1.54, 1.807) is 7.11 Å². The highest BCUT2D eigenvalue weighted by Gasteiger charge is 2.27. The number of methoxy groups -OCH3 is 1. The molecule has 1 fully saturated rings. The lowest BCUT2D eigenvalue weighted by molar-refractivity contribution is 0.102. The number of nitrogens with one attached hydrogen (secondary N) is 1. The van der Waals surface area contributed by atoms with Crippen LogP contribution in [-0.2, 0) is 0 Å². The first-order valence-electron chi connectivity index (χ1n) is 7.98. The smallest absolute Gasteiger partial charge is 0.193 e. The molecule has 5 heteroatoms. The second-order valence-electron chi connectivity index (χ2n) is 6.39. The third-order valence-electron chi connectivity index (χ3n) is 4.22. The summed E-state index contributed by atoms with van der Waals surface area (Å²) in [4.78, 5) is 7.04. The van der Waals surface area contributed by atoms with Crippen LogP contribution in [0.15, 0.2) is 29.3 Å². The van der Waals surface area contributed by atoms with Gasteiger partial charge in [-0.15, -0.1) is 0 Å². The van der Waals surface area contributed by atoms with E-state index in [1.165, 1.54) is 19.3 Å². The van der Waals surface area contributed by atoms with E-state index in [9.17, 15) is 0 Å². The lowest BCUT2D eigenvalue weighted by atomic mass is 9.99. The van der Waals surface area contributed by atoms with E-state index in [0.717, 1.165) is 24.5 Å². The fourth-order valence-corrected chi connectivity index (χ4v) is 2.80. The Bertz CT molecular complexity index is 507. The summed E-state index contributed by atoms with van der Waals surface area (Å²) in [6, 6.07) is 7.69. The van der Waals surface area contributed by atoms with Gasteiger partial charge in [-0.1, -0.05) is 18.6 Å². The van der Waals surface area contributed by atoms with Gasteiger partial charge in [0.15, 0.2) is 5.96 Å². The van der Waals surface area contributed by atoms with Crippen LogP contribution in [-0.4, -0.2) is 43.1 Å². The van der Waals surface area contributed by atoms with Crippen LogP contribution >= 0.6 is 0 Å². The maximum absolute atomic E-state index is 6.03. The maximum Gasteiger partial charge on any atom is 0.193 e. The Kier molecular flexibility index (Phi) is 5.66. The lowest BCUT2D eigenvalue weighted by Gasteiger charge is -2.40. The fraction of sp³-hybridized carbons (Fsp3) is 0.588. The number of piperidine rings is 1. The zero-order valence-corrected chi connectivity index (χ0v) is 13.9. The number of nitrogens with zero attached hydrogens (tertiary/aromatic N) is 2. The van der Waals surface area contributed by atoms with Crippen molar-refractivity contribution in [2.45, 2.75) is 38.6 Å². The second-order valence-corrected chi connectivity index (χ2v) is 6.39. The number of anilines is 1. The first kappa shape index (κ1) is 16.6. The predicted octanol–water partition coefficient (Wildman–Crippen LogP) is 2.69. The highest BCUT2D eigenvalue weighted by Crippen LogP contribution is 2.23. The molecule has 1 aliphatic rings. The summed E-state index contributed by atoms with van der Waals surface area (Å²) in [7, 11) is 1.65. The zero-order chi connectivity index (χ0) is 16.0. The molecular weight excluding hydrogens is 276 g/mol. The Morgan fingerprint density at radius 2 is 1.95 bits per heavy atom. The van der Waals surface area contributed by atoms with Crippen molar-refractivity contribution in [3.05, 3.63) is 24.3 Å². The monoisotopic (exact) mass is 304 g/mol. The molecule has 0 amide bonds. The summed E-state index contributed by atoms with van der Waals surface area (Å²) in [5.74, 6) is 1.19. The quantitative estimate of drug-likeness (QED) is 0.648. The van der Waals surface area contributed by atoms with Crippen LogP contribution < -0.4 is 15.8 Å². The molecule has 0 saturated carbocycles. The average Bonchev–Trinajstić information content (AvgIpc) is 2.54. The minimum absolute atomic E-state index is 0.0352. The lowest BCUT2D eigenvalue weighted by Crippen LogP contribution is -2.49. The molecule has 22 heavy (non-hydrogen) atoms. The number of hydrogen-bond acceptors (Lipinski definition) is 3. The number of para-hydroxylation sites is 2. The summed E-state index contributed by atoms with van der Waals surface area (Å²) in [5, 5.41) is 3.12. The van der Waals surface area contributed by atoms with E-state index in [-0.39, 0.29) is 5.54 Å². The molecule has 1 saturated heterocycles. The van der Waals surface area contributed by atoms with Crippen molar-refractivity contribution in [2.24, 2.45) is 10.7 Å². The molecule has 1 aliphatic heterocycles. The van der Waals surface area contributed by atoms with E-state index in [2.05, 4.69) is 29.1 Å². The Morgan fingerprint density at radius 1 is 1.27 bits per heavy atom. The molecule has 5 nitrogen and oxygen atoms in total. The minimum Gasteiger partial charge on any atom is -0.495 e. The van der Waals surface area contributed by atoms with Crippen molar-refractivity contribution < 1.29 is 4.74 Å². The third kappa shape index (κ3) is 4.37. The topological polar surface area (TPSA) is 62.9 Å². The molecule has 0 atom stereocenters. The Balaban J connectivity index is 1.96. The largest absolute Gasteiger partial charge is 0.495 e. The average molecular weight is 304 g/mol. The van der Waals surface area contributed by atoms with Gasteiger partial charge in [0.05, 0.1) is 19.3 Å². The summed E-state index contributed by atoms with van der Waals surface area (Å²) in [6.45, 7) is 7.46. The van der Waals surface area contributed by atoms with Crippen LogP contribution in [0.25, 0.3) is 0 Å². The molecular formula is C17H28N4O. The molecule has 0 spiro atoms. The normalized spacial score (nSPS) is 17.3. The Hall–Kier alpha value is -1.75. The van der Waals surface area contributed by atoms with Crippen LogP contribution in [0.1, 0.15) is 33.1 Å². The Morgan fingerprint density at radius 3 is 2.64 bits per heavy atom. The van der Waals surface area contributed by atoms with Gasteiger partial charge in [0.2, 0.25) is 0 Å². The molecule has 1 aromatic carbocycles. The molecule has 0 bridgehead atoms. The number of hydrogen-bond donors (Lipinski definition) is 2. The second kappa shape index (κ2) is 7.49. The van der Waals surface area contributed by atoms with Gasteiger partial charge in [0.1, 0.15) is 5.75 Å². The number of rotatable bonds is 5. The van der Waals surface area contributed by atoms with E-state index < -0.39 is 0 Å². The first-order valence-corrected chi connectivity index (χ1v) is 7.98. The third-order valence-corrected chi connectivity index (χ3v) is 4.22. The highest BCUT2D eigenvalue weighted by atomic mass is 16.5. The van der Waals surface area contributed by atoms with E-state index in [0.29, 0.717) is 12.5 Å². The van der Waals surface area contributed by atoms with Crippen LogP contribution in [0.2, 0.25) is 0 Å². The van der Waals surface area contributed by atoms with Crippen molar-refractivity contribution in [1.29, 1.82) is 0 Å². The summed E-state index contributed by atoms with van der Waals surface area (Å²) >= 11 is 0. The van der Waals surface area contributed by atoms with Crippen LogP contribution in [0, 0.1) is 0 Å². The van der Waals surface area contributed by atoms with Crippen molar-refractivity contribution in [3.8, 4) is 5.75 Å². The SMILES string of the molecule is COc1ccccc1NC(N)=NCC(C)(C)N1CCCCC1. The number of aliphatic imine (C=N–C) groups is 1. The van der Waals surface area contributed by atoms with Crippen LogP contribution in [0.4, 0.5) is 5.69 Å². The highest BCUT2D eigenvalue weighted by molar-refractivity contribution is 5.93. The van der Waals surface area contributed by atoms with E-state index in [1.807, 2.05) is 24.3 Å². The number of likely N-dealkylation sites (tertiary alicyclic amines) is 1. The molecule has 3 N–H and O–H groups in total. The number of benzene rings is 1. The van der Waals surface area contributed by atoms with E-state index in [4.69, 9.17) is 10.5 Å². The van der Waals surface area contributed by atoms with Crippen LogP contribution in [0.3, 0.4) is 0 Å². The van der Waals surface area contributed by atoms with Crippen LogP contribution in [0.5, 0.6) is 5.75 Å². The molecule has 1 aromatic rings. The molecule has 122 valence electrons. The fourth-order valence-electron chi connectivity index (χ4n) is 2.80. The zero-order valence-electron chi connectivity index (χ0n) is 13.9. The van der Waals surface area contributed by atoms with Gasteiger partial charge in [-0.05, 0) is 51.9 Å². The van der Waals surface area contributed by atoms with Gasteiger partial charge < -0.3 is 15.8 Å². The van der Waals surface area contributed by atoms with Gasteiger partial charge in [-0.2, -0.15) is 0 Å². The number of nitrogens with two attached hydrogens (primary N) is 1. The molecule has 0 unspecified atom stereocenters. The molecule has 0 aromatic heterocycles. The van der Waals surface area contributed by atoms with Crippen molar-refractivity contribution in [1.82, 2.24) is 4.90 Å². The van der Waals surface area contributed by atoms with Gasteiger partial charge >= 0.3 is 0 Å². The molecule has 1 heterocycles. The van der Waals surface area contributed by atoms with Gasteiger partial charge in [0, 0.05) is 5.54 Å². The maximum atomic E-state index is 6.03. The van der Waals surface area contributed by atoms with Crippen molar-refractivity contribution in [3.63, 3.8) is 0 Å². The summed E-state index contributed by atoms with van der Waals surface area (Å²) < 4.78 is 5.31. The standard InChI is InChI=1S/C17H28N4O/c1-17(2,21-11-7-4-8-12-21)13-19-16(18)20-14-9-5-6-10-15(14)22-3/h5-6,9-10H,4,7-8,11-13H2,1-3H3,(H3,18,19,20).